The SMILES string of the molecule is Cc1cc(-c2cc(Oc3cc(-c4nccn4C)c(C)cc3C)c(C)cc2C)n[nH]1. The first-order valence-corrected chi connectivity index (χ1v) is 9.74. The highest BCUT2D eigenvalue weighted by Crippen LogP contribution is 2.36. The second-order valence-corrected chi connectivity index (χ2v) is 7.77. The number of hydrogen-bond donors (Lipinski definition) is 1. The van der Waals surface area contributed by atoms with E-state index in [-0.39, 0.29) is 0 Å². The minimum atomic E-state index is 0.837. The van der Waals surface area contributed by atoms with Crippen molar-refractivity contribution >= 4 is 0 Å². The van der Waals surface area contributed by atoms with Crippen molar-refractivity contribution in [3.05, 3.63) is 70.7 Å². The predicted octanol–water partition coefficient (Wildman–Crippen LogP) is 5.81. The number of rotatable bonds is 4. The molecule has 0 aliphatic heterocycles. The lowest BCUT2D eigenvalue weighted by molar-refractivity contribution is 0.475. The van der Waals surface area contributed by atoms with Crippen LogP contribution in [0, 0.1) is 34.6 Å². The molecule has 0 spiro atoms. The molecule has 0 radical (unpaired) electrons. The number of nitrogens with one attached hydrogen (secondary N) is 1. The van der Waals surface area contributed by atoms with Crippen molar-refractivity contribution < 1.29 is 4.74 Å². The number of ether oxygens (including phenoxy) is 1. The van der Waals surface area contributed by atoms with Gasteiger partial charge in [0.1, 0.15) is 17.3 Å². The van der Waals surface area contributed by atoms with E-state index in [1.165, 1.54) is 11.1 Å². The van der Waals surface area contributed by atoms with Gasteiger partial charge in [-0.05, 0) is 75.1 Å². The standard InChI is InChI=1S/C24H26N4O/c1-14-9-16(3)22(12-19(14)21-11-18(5)26-27-21)29-23-13-20(15(2)10-17(23)4)24-25-7-8-28(24)6/h7-13H,1-6H3,(H,26,27). The van der Waals surface area contributed by atoms with Gasteiger partial charge in [0.15, 0.2) is 0 Å². The lowest BCUT2D eigenvalue weighted by atomic mass is 10.0. The Balaban J connectivity index is 1.77. The first-order valence-electron chi connectivity index (χ1n) is 9.74. The van der Waals surface area contributed by atoms with Gasteiger partial charge in [-0.3, -0.25) is 5.10 Å². The molecule has 1 N–H and O–H groups in total. The fraction of sp³-hybridized carbons (Fsp3) is 0.250. The molecule has 0 bridgehead atoms. The summed E-state index contributed by atoms with van der Waals surface area (Å²) in [6.07, 6.45) is 3.77. The maximum Gasteiger partial charge on any atom is 0.140 e. The Hall–Kier alpha value is -3.34. The molecule has 4 aromatic rings. The van der Waals surface area contributed by atoms with Crippen molar-refractivity contribution in [1.82, 2.24) is 19.7 Å². The highest BCUT2D eigenvalue weighted by Gasteiger charge is 2.15. The number of H-pyrrole nitrogens is 1. The van der Waals surface area contributed by atoms with E-state index in [1.807, 2.05) is 30.9 Å². The van der Waals surface area contributed by atoms with Gasteiger partial charge in [0.05, 0.1) is 5.69 Å². The van der Waals surface area contributed by atoms with Gasteiger partial charge < -0.3 is 9.30 Å². The lowest BCUT2D eigenvalue weighted by Crippen LogP contribution is -1.98. The summed E-state index contributed by atoms with van der Waals surface area (Å²) in [5.41, 5.74) is 8.66. The maximum absolute atomic E-state index is 6.42. The fourth-order valence-electron chi connectivity index (χ4n) is 3.70. The summed E-state index contributed by atoms with van der Waals surface area (Å²) in [4.78, 5) is 4.51. The van der Waals surface area contributed by atoms with Crippen molar-refractivity contribution in [2.75, 3.05) is 0 Å². The van der Waals surface area contributed by atoms with Gasteiger partial charge in [-0.15, -0.1) is 0 Å². The molecule has 0 atom stereocenters. The third-order valence-corrected chi connectivity index (χ3v) is 5.31. The summed E-state index contributed by atoms with van der Waals surface area (Å²) in [7, 11) is 2.00. The number of nitrogens with zero attached hydrogens (tertiary/aromatic N) is 3. The Labute approximate surface area is 171 Å². The van der Waals surface area contributed by atoms with Crippen LogP contribution in [0.1, 0.15) is 27.9 Å². The van der Waals surface area contributed by atoms with Crippen LogP contribution in [0.15, 0.2) is 42.7 Å². The van der Waals surface area contributed by atoms with Crippen molar-refractivity contribution in [3.63, 3.8) is 0 Å². The molecule has 0 amide bonds. The predicted molar refractivity (Wildman–Crippen MR) is 116 cm³/mol. The number of aryl methyl sites for hydroxylation is 6. The van der Waals surface area contributed by atoms with Crippen LogP contribution < -0.4 is 4.74 Å². The van der Waals surface area contributed by atoms with E-state index >= 15 is 0 Å². The molecule has 2 heterocycles. The Morgan fingerprint density at radius 1 is 0.793 bits per heavy atom. The van der Waals surface area contributed by atoms with Crippen LogP contribution in [0.2, 0.25) is 0 Å². The molecule has 5 heteroatoms. The molecule has 5 nitrogen and oxygen atoms in total. The summed E-state index contributed by atoms with van der Waals surface area (Å²) in [5.74, 6) is 2.61. The van der Waals surface area contributed by atoms with Crippen molar-refractivity contribution in [3.8, 4) is 34.1 Å². The molecule has 0 saturated carbocycles. The third-order valence-electron chi connectivity index (χ3n) is 5.31. The van der Waals surface area contributed by atoms with E-state index in [0.717, 1.165) is 51.0 Å². The van der Waals surface area contributed by atoms with Crippen LogP contribution in [-0.4, -0.2) is 19.7 Å². The minimum Gasteiger partial charge on any atom is -0.457 e. The molecule has 0 unspecified atom stereocenters. The molecule has 0 aliphatic carbocycles. The Kier molecular flexibility index (Phi) is 4.74. The Morgan fingerprint density at radius 2 is 1.41 bits per heavy atom. The van der Waals surface area contributed by atoms with Gasteiger partial charge in [-0.1, -0.05) is 12.1 Å². The first kappa shape index (κ1) is 19.0. The van der Waals surface area contributed by atoms with E-state index in [2.05, 4.69) is 73.2 Å². The zero-order chi connectivity index (χ0) is 20.7. The van der Waals surface area contributed by atoms with Gasteiger partial charge in [0.2, 0.25) is 0 Å². The molecule has 148 valence electrons. The van der Waals surface area contributed by atoms with Gasteiger partial charge in [-0.25, -0.2) is 4.98 Å². The van der Waals surface area contributed by atoms with E-state index in [1.54, 1.807) is 0 Å². The smallest absolute Gasteiger partial charge is 0.140 e. The topological polar surface area (TPSA) is 55.7 Å². The second-order valence-electron chi connectivity index (χ2n) is 7.77. The Bertz CT molecular complexity index is 1200. The average molecular weight is 386 g/mol. The number of aromatic amines is 1. The first-order chi connectivity index (χ1) is 13.8. The summed E-state index contributed by atoms with van der Waals surface area (Å²) < 4.78 is 8.45. The zero-order valence-electron chi connectivity index (χ0n) is 17.8. The fourth-order valence-corrected chi connectivity index (χ4v) is 3.70. The number of imidazole rings is 1. The van der Waals surface area contributed by atoms with Gasteiger partial charge in [-0.2, -0.15) is 5.10 Å². The van der Waals surface area contributed by atoms with Crippen molar-refractivity contribution in [2.24, 2.45) is 7.05 Å². The molecule has 4 rings (SSSR count). The summed E-state index contributed by atoms with van der Waals surface area (Å²) >= 11 is 0. The summed E-state index contributed by atoms with van der Waals surface area (Å²) in [6, 6.07) is 10.5. The third kappa shape index (κ3) is 3.56. The Morgan fingerprint density at radius 3 is 1.97 bits per heavy atom. The largest absolute Gasteiger partial charge is 0.457 e. The maximum atomic E-state index is 6.42. The van der Waals surface area contributed by atoms with Gasteiger partial charge in [0.25, 0.3) is 0 Å². The van der Waals surface area contributed by atoms with E-state index < -0.39 is 0 Å². The van der Waals surface area contributed by atoms with Crippen molar-refractivity contribution in [2.45, 2.75) is 34.6 Å². The molecular weight excluding hydrogens is 360 g/mol. The monoisotopic (exact) mass is 386 g/mol. The van der Waals surface area contributed by atoms with E-state index in [4.69, 9.17) is 4.74 Å². The second kappa shape index (κ2) is 7.24. The summed E-state index contributed by atoms with van der Waals surface area (Å²) in [5, 5.41) is 7.44. The molecule has 0 saturated heterocycles. The highest BCUT2D eigenvalue weighted by molar-refractivity contribution is 5.68. The van der Waals surface area contributed by atoms with Crippen LogP contribution in [0.4, 0.5) is 0 Å². The van der Waals surface area contributed by atoms with E-state index in [9.17, 15) is 0 Å². The molecule has 0 fully saturated rings. The highest BCUT2D eigenvalue weighted by atomic mass is 16.5. The van der Waals surface area contributed by atoms with E-state index in [0.29, 0.717) is 0 Å². The quantitative estimate of drug-likeness (QED) is 0.481. The lowest BCUT2D eigenvalue weighted by Gasteiger charge is -2.16. The number of hydrogen-bond acceptors (Lipinski definition) is 3. The normalized spacial score (nSPS) is 11.1. The van der Waals surface area contributed by atoms with Crippen LogP contribution in [0.3, 0.4) is 0 Å². The van der Waals surface area contributed by atoms with Crippen LogP contribution >= 0.6 is 0 Å². The molecule has 29 heavy (non-hydrogen) atoms. The average Bonchev–Trinajstić information content (AvgIpc) is 3.27. The zero-order valence-corrected chi connectivity index (χ0v) is 17.8. The van der Waals surface area contributed by atoms with Crippen LogP contribution in [0.25, 0.3) is 22.6 Å². The van der Waals surface area contributed by atoms with Crippen molar-refractivity contribution in [1.29, 1.82) is 0 Å². The molecular formula is C24H26N4O. The molecule has 2 aromatic heterocycles. The molecule has 0 aliphatic rings. The van der Waals surface area contributed by atoms with Crippen LogP contribution in [-0.2, 0) is 7.05 Å². The van der Waals surface area contributed by atoms with Crippen LogP contribution in [0.5, 0.6) is 11.5 Å². The minimum absolute atomic E-state index is 0.837. The summed E-state index contributed by atoms with van der Waals surface area (Å²) in [6.45, 7) is 10.4. The molecule has 2 aromatic carbocycles. The van der Waals surface area contributed by atoms with Gasteiger partial charge in [0, 0.05) is 36.3 Å². The number of aromatic nitrogens is 4. The number of benzene rings is 2. The van der Waals surface area contributed by atoms with Gasteiger partial charge >= 0.3 is 0 Å².